The summed E-state index contributed by atoms with van der Waals surface area (Å²) in [5, 5.41) is 9.92. The number of unbranched alkanes of at least 4 members (excludes halogenated alkanes) is 1. The molecule has 0 rings (SSSR count). The monoisotopic (exact) mass is 285 g/mol. The zero-order chi connectivity index (χ0) is 14.5. The van der Waals surface area contributed by atoms with Crippen LogP contribution in [0.3, 0.4) is 0 Å². The van der Waals surface area contributed by atoms with Gasteiger partial charge in [-0.1, -0.05) is 37.7 Å². The van der Waals surface area contributed by atoms with E-state index in [2.05, 4.69) is 20.1 Å². The second-order valence-corrected chi connectivity index (χ2v) is 4.96. The Morgan fingerprint density at radius 2 is 1.95 bits per heavy atom. The molecule has 110 valence electrons. The maximum atomic E-state index is 9.92. The van der Waals surface area contributed by atoms with E-state index < -0.39 is 6.10 Å². The summed E-state index contributed by atoms with van der Waals surface area (Å²) < 4.78 is 5.43. The van der Waals surface area contributed by atoms with Gasteiger partial charge in [0.2, 0.25) is 0 Å². The van der Waals surface area contributed by atoms with Crippen LogP contribution in [0.4, 0.5) is 0 Å². The van der Waals surface area contributed by atoms with E-state index in [1.54, 1.807) is 12.2 Å². The van der Waals surface area contributed by atoms with Crippen molar-refractivity contribution in [1.82, 2.24) is 4.90 Å². The minimum absolute atomic E-state index is 0.439. The van der Waals surface area contributed by atoms with Crippen LogP contribution in [0, 0.1) is 0 Å². The first-order chi connectivity index (χ1) is 9.15. The predicted octanol–water partition coefficient (Wildman–Crippen LogP) is 2.95. The maximum absolute atomic E-state index is 9.92. The molecule has 1 N–H and O–H groups in total. The summed E-state index contributed by atoms with van der Waals surface area (Å²) in [6.07, 6.45) is 6.48. The first-order valence-corrected chi connectivity index (χ1v) is 7.31. The van der Waals surface area contributed by atoms with Crippen molar-refractivity contribution in [2.75, 3.05) is 26.3 Å². The van der Waals surface area contributed by atoms with Gasteiger partial charge in [-0.15, -0.1) is 13.2 Å². The molecule has 0 radical (unpaired) electrons. The highest BCUT2D eigenvalue weighted by Crippen LogP contribution is 2.06. The molecule has 3 nitrogen and oxygen atoms in total. The van der Waals surface area contributed by atoms with Crippen LogP contribution in [0.25, 0.3) is 0 Å². The van der Waals surface area contributed by atoms with Crippen molar-refractivity contribution in [2.24, 2.45) is 0 Å². The Hall–Kier alpha value is -0.710. The lowest BCUT2D eigenvalue weighted by atomic mass is 10.2. The number of nitrogens with zero attached hydrogens (tertiary/aromatic N) is 1. The van der Waals surface area contributed by atoms with Crippen molar-refractivity contribution < 1.29 is 9.84 Å². The minimum Gasteiger partial charge on any atom is -0.393 e. The molecule has 0 aliphatic rings. The van der Waals surface area contributed by atoms with E-state index in [0.29, 0.717) is 32.5 Å². The number of hydrogen-bond acceptors (Lipinski definition) is 3. The van der Waals surface area contributed by atoms with Crippen LogP contribution in [0.5, 0.6) is 0 Å². The van der Waals surface area contributed by atoms with E-state index in [-0.39, 0.29) is 0 Å². The van der Waals surface area contributed by atoms with Crippen molar-refractivity contribution in [3.8, 4) is 0 Å². The molecular weight excluding hydrogens is 258 g/mol. The summed E-state index contributed by atoms with van der Waals surface area (Å²) in [7, 11) is 0. The summed E-state index contributed by atoms with van der Waals surface area (Å²) in [4.78, 5) is 2.73. The molecule has 0 heterocycles. The minimum atomic E-state index is -0.439. The number of aliphatic hydroxyl groups excluding tert-OH is 1. The molecule has 0 saturated carbocycles. The van der Waals surface area contributed by atoms with E-state index in [1.165, 1.54) is 0 Å². The third kappa shape index (κ3) is 9.82. The first-order valence-electron chi connectivity index (χ1n) is 6.91. The zero-order valence-electron chi connectivity index (χ0n) is 12.0. The fraction of sp³-hybridized carbons (Fsp3) is 0.667. The first kappa shape index (κ1) is 18.3. The smallest absolute Gasteiger partial charge is 0.0810 e. The average Bonchev–Trinajstić information content (AvgIpc) is 2.38. The molecule has 0 aliphatic carbocycles. The van der Waals surface area contributed by atoms with Crippen molar-refractivity contribution in [2.45, 2.75) is 38.7 Å². The van der Waals surface area contributed by atoms with E-state index in [0.717, 1.165) is 24.4 Å². The number of rotatable bonds is 12. The summed E-state index contributed by atoms with van der Waals surface area (Å²) in [6.45, 7) is 12.3. The topological polar surface area (TPSA) is 32.7 Å². The lowest BCUT2D eigenvalue weighted by Gasteiger charge is -2.24. The van der Waals surface area contributed by atoms with Crippen LogP contribution >= 0.6 is 12.2 Å². The Kier molecular flexibility index (Phi) is 11.9. The van der Waals surface area contributed by atoms with E-state index in [1.807, 2.05) is 4.90 Å². The molecule has 0 aromatic rings. The van der Waals surface area contributed by atoms with Crippen LogP contribution in [-0.4, -0.2) is 47.4 Å². The van der Waals surface area contributed by atoms with Crippen molar-refractivity contribution >= 4 is 17.2 Å². The van der Waals surface area contributed by atoms with Crippen molar-refractivity contribution in [3.63, 3.8) is 0 Å². The van der Waals surface area contributed by atoms with Crippen LogP contribution in [0.2, 0.25) is 0 Å². The molecule has 0 amide bonds. The van der Waals surface area contributed by atoms with Crippen molar-refractivity contribution in [3.05, 3.63) is 25.3 Å². The molecular formula is C15H27NO2S. The molecule has 0 bridgehead atoms. The van der Waals surface area contributed by atoms with Crippen LogP contribution in [0.15, 0.2) is 25.3 Å². The van der Waals surface area contributed by atoms with Gasteiger partial charge in [-0.2, -0.15) is 0 Å². The molecule has 0 aromatic carbocycles. The van der Waals surface area contributed by atoms with Gasteiger partial charge in [0.05, 0.1) is 11.1 Å². The number of aliphatic hydroxyl groups is 1. The van der Waals surface area contributed by atoms with Crippen LogP contribution in [0.1, 0.15) is 32.6 Å². The van der Waals surface area contributed by atoms with Gasteiger partial charge in [0.1, 0.15) is 0 Å². The zero-order valence-corrected chi connectivity index (χ0v) is 12.8. The number of hydrogen-bond donors (Lipinski definition) is 1. The van der Waals surface area contributed by atoms with Gasteiger partial charge in [-0.05, 0) is 12.8 Å². The molecule has 0 aromatic heterocycles. The molecule has 19 heavy (non-hydrogen) atoms. The normalized spacial score (nSPS) is 11.9. The molecule has 1 atom stereocenters. The van der Waals surface area contributed by atoms with E-state index in [4.69, 9.17) is 17.0 Å². The lowest BCUT2D eigenvalue weighted by molar-refractivity contribution is 0.0827. The Morgan fingerprint density at radius 1 is 1.32 bits per heavy atom. The van der Waals surface area contributed by atoms with Gasteiger partial charge in [0, 0.05) is 32.7 Å². The third-order valence-corrected chi connectivity index (χ3v) is 3.12. The Bertz CT molecular complexity index is 259. The predicted molar refractivity (Wildman–Crippen MR) is 85.5 cm³/mol. The third-order valence-electron chi connectivity index (χ3n) is 2.70. The second kappa shape index (κ2) is 12.3. The highest BCUT2D eigenvalue weighted by Gasteiger charge is 2.12. The highest BCUT2D eigenvalue weighted by molar-refractivity contribution is 7.80. The molecule has 0 spiro atoms. The standard InChI is InChI=1S/C15H27NO2S/c1-4-7-11-18-12-8-14(17)13-15(19)16(9-5-2)10-6-3/h5-6,14,17H,2-4,7-13H2,1H3/t14-/m1/s1. The van der Waals surface area contributed by atoms with Gasteiger partial charge < -0.3 is 14.7 Å². The van der Waals surface area contributed by atoms with Crippen LogP contribution < -0.4 is 0 Å². The molecule has 0 saturated heterocycles. The quantitative estimate of drug-likeness (QED) is 0.339. The van der Waals surface area contributed by atoms with Gasteiger partial charge in [-0.25, -0.2) is 0 Å². The Balaban J connectivity index is 3.88. The fourth-order valence-electron chi connectivity index (χ4n) is 1.59. The fourth-order valence-corrected chi connectivity index (χ4v) is 1.93. The van der Waals surface area contributed by atoms with Crippen molar-refractivity contribution in [1.29, 1.82) is 0 Å². The summed E-state index contributed by atoms with van der Waals surface area (Å²) >= 11 is 5.33. The summed E-state index contributed by atoms with van der Waals surface area (Å²) in [5.74, 6) is 0. The largest absolute Gasteiger partial charge is 0.393 e. The molecule has 4 heteroatoms. The SMILES string of the molecule is C=CCN(CC=C)C(=S)C[C@H](O)CCOCCCC. The van der Waals surface area contributed by atoms with Gasteiger partial charge in [0.25, 0.3) is 0 Å². The number of thiocarbonyl (C=S) groups is 1. The Labute approximate surface area is 122 Å². The lowest BCUT2D eigenvalue weighted by Crippen LogP contribution is -2.32. The maximum Gasteiger partial charge on any atom is 0.0810 e. The van der Waals surface area contributed by atoms with Gasteiger partial charge in [-0.3, -0.25) is 0 Å². The van der Waals surface area contributed by atoms with Crippen LogP contribution in [-0.2, 0) is 4.74 Å². The molecule has 0 fully saturated rings. The van der Waals surface area contributed by atoms with E-state index in [9.17, 15) is 5.11 Å². The highest BCUT2D eigenvalue weighted by atomic mass is 32.1. The van der Waals surface area contributed by atoms with E-state index >= 15 is 0 Å². The molecule has 0 aliphatic heterocycles. The second-order valence-electron chi connectivity index (χ2n) is 4.49. The van der Waals surface area contributed by atoms with Gasteiger partial charge >= 0.3 is 0 Å². The average molecular weight is 285 g/mol. The van der Waals surface area contributed by atoms with Gasteiger partial charge in [0.15, 0.2) is 0 Å². The Morgan fingerprint density at radius 3 is 2.47 bits per heavy atom. The molecule has 0 unspecified atom stereocenters. The summed E-state index contributed by atoms with van der Waals surface area (Å²) in [6, 6.07) is 0. The number of ether oxygens (including phenoxy) is 1. The summed E-state index contributed by atoms with van der Waals surface area (Å²) in [5.41, 5.74) is 0.